The number of aromatic nitrogens is 2. The number of benzene rings is 1. The minimum absolute atomic E-state index is 0.0439. The average molecular weight is 315 g/mol. The van der Waals surface area contributed by atoms with Crippen LogP contribution in [-0.4, -0.2) is 46.8 Å². The van der Waals surface area contributed by atoms with Crippen molar-refractivity contribution in [1.82, 2.24) is 15.0 Å². The van der Waals surface area contributed by atoms with Crippen molar-refractivity contribution in [2.75, 3.05) is 19.8 Å². The van der Waals surface area contributed by atoms with E-state index in [9.17, 15) is 4.79 Å². The lowest BCUT2D eigenvalue weighted by molar-refractivity contribution is -0.149. The van der Waals surface area contributed by atoms with E-state index in [0.29, 0.717) is 32.0 Å². The van der Waals surface area contributed by atoms with E-state index >= 15 is 0 Å². The van der Waals surface area contributed by atoms with Crippen LogP contribution in [0, 0.1) is 0 Å². The maximum atomic E-state index is 12.9. The van der Waals surface area contributed by atoms with Crippen molar-refractivity contribution >= 4 is 5.91 Å². The van der Waals surface area contributed by atoms with Gasteiger partial charge in [0.25, 0.3) is 5.91 Å². The molecule has 120 valence electrons. The maximum absolute atomic E-state index is 12.9. The molecule has 0 bridgehead atoms. The second-order valence-electron chi connectivity index (χ2n) is 5.66. The molecule has 2 atom stereocenters. The molecular formula is C16H17N3O4. The standard InChI is InChI=1S/C16H17N3O4/c20-16(14-6-5-11-3-1-2-4-13(11)23-14)19-7-8-21-9-12(19)15-17-10-22-18-15/h1-4,10,12,14H,5-9H2. The molecule has 1 aromatic carbocycles. The van der Waals surface area contributed by atoms with Crippen molar-refractivity contribution in [3.63, 3.8) is 0 Å². The summed E-state index contributed by atoms with van der Waals surface area (Å²) in [6, 6.07) is 7.52. The molecule has 0 aliphatic carbocycles. The molecule has 7 nitrogen and oxygen atoms in total. The number of amides is 1. The molecule has 0 N–H and O–H groups in total. The molecule has 2 unspecified atom stereocenters. The van der Waals surface area contributed by atoms with Crippen molar-refractivity contribution in [1.29, 1.82) is 0 Å². The van der Waals surface area contributed by atoms with Gasteiger partial charge in [0.1, 0.15) is 11.8 Å². The van der Waals surface area contributed by atoms with E-state index in [1.165, 1.54) is 6.39 Å². The van der Waals surface area contributed by atoms with Crippen molar-refractivity contribution in [3.8, 4) is 5.75 Å². The zero-order valence-electron chi connectivity index (χ0n) is 12.6. The van der Waals surface area contributed by atoms with E-state index in [1.54, 1.807) is 4.90 Å². The molecule has 2 aliphatic rings. The van der Waals surface area contributed by atoms with E-state index < -0.39 is 6.10 Å². The highest BCUT2D eigenvalue weighted by atomic mass is 16.5. The third-order valence-corrected chi connectivity index (χ3v) is 4.28. The second-order valence-corrected chi connectivity index (χ2v) is 5.66. The Hall–Kier alpha value is -2.41. The smallest absolute Gasteiger partial charge is 0.264 e. The van der Waals surface area contributed by atoms with Gasteiger partial charge < -0.3 is 18.9 Å². The van der Waals surface area contributed by atoms with Crippen LogP contribution < -0.4 is 4.74 Å². The molecule has 1 saturated heterocycles. The Morgan fingerprint density at radius 3 is 3.09 bits per heavy atom. The fourth-order valence-corrected chi connectivity index (χ4v) is 3.09. The minimum Gasteiger partial charge on any atom is -0.480 e. The van der Waals surface area contributed by atoms with Crippen LogP contribution in [-0.2, 0) is 16.0 Å². The summed E-state index contributed by atoms with van der Waals surface area (Å²) in [5.41, 5.74) is 1.15. The molecule has 2 aliphatic heterocycles. The van der Waals surface area contributed by atoms with E-state index in [-0.39, 0.29) is 11.9 Å². The zero-order chi connectivity index (χ0) is 15.6. The number of hydrogen-bond acceptors (Lipinski definition) is 6. The highest BCUT2D eigenvalue weighted by molar-refractivity contribution is 5.82. The fourth-order valence-electron chi connectivity index (χ4n) is 3.09. The van der Waals surface area contributed by atoms with Crippen LogP contribution in [0.25, 0.3) is 0 Å². The van der Waals surface area contributed by atoms with E-state index in [2.05, 4.69) is 10.1 Å². The third kappa shape index (κ3) is 2.68. The monoisotopic (exact) mass is 315 g/mol. The second kappa shape index (κ2) is 6.00. The molecule has 3 heterocycles. The lowest BCUT2D eigenvalue weighted by Gasteiger charge is -2.37. The lowest BCUT2D eigenvalue weighted by Crippen LogP contribution is -2.50. The van der Waals surface area contributed by atoms with Crippen LogP contribution in [0.15, 0.2) is 35.2 Å². The van der Waals surface area contributed by atoms with Crippen molar-refractivity contribution < 1.29 is 18.8 Å². The van der Waals surface area contributed by atoms with Gasteiger partial charge in [-0.25, -0.2) is 0 Å². The first kappa shape index (κ1) is 14.2. The summed E-state index contributed by atoms with van der Waals surface area (Å²) in [6.45, 7) is 1.37. The van der Waals surface area contributed by atoms with Crippen LogP contribution >= 0.6 is 0 Å². The molecule has 2 aromatic rings. The molecule has 1 fully saturated rings. The van der Waals surface area contributed by atoms with Gasteiger partial charge in [0.2, 0.25) is 6.39 Å². The quantitative estimate of drug-likeness (QED) is 0.833. The number of fused-ring (bicyclic) bond motifs is 1. The molecule has 0 spiro atoms. The number of aryl methyl sites for hydroxylation is 1. The summed E-state index contributed by atoms with van der Waals surface area (Å²) in [7, 11) is 0. The number of ether oxygens (including phenoxy) is 2. The SMILES string of the molecule is O=C(C1CCc2ccccc2O1)N1CCOCC1c1ncon1. The highest BCUT2D eigenvalue weighted by Crippen LogP contribution is 2.30. The van der Waals surface area contributed by atoms with Crippen LogP contribution in [0.4, 0.5) is 0 Å². The van der Waals surface area contributed by atoms with Gasteiger partial charge in [0.05, 0.1) is 13.2 Å². The summed E-state index contributed by atoms with van der Waals surface area (Å²) >= 11 is 0. The van der Waals surface area contributed by atoms with Gasteiger partial charge in [0.15, 0.2) is 11.9 Å². The Balaban J connectivity index is 1.54. The summed E-state index contributed by atoms with van der Waals surface area (Å²) in [5.74, 6) is 1.22. The Kier molecular flexibility index (Phi) is 3.70. The zero-order valence-corrected chi connectivity index (χ0v) is 12.6. The number of carbonyl (C=O) groups excluding carboxylic acids is 1. The molecule has 4 rings (SSSR count). The van der Waals surface area contributed by atoms with Crippen LogP contribution in [0.3, 0.4) is 0 Å². The first-order valence-electron chi connectivity index (χ1n) is 7.72. The number of para-hydroxylation sites is 1. The number of carbonyl (C=O) groups is 1. The van der Waals surface area contributed by atoms with Crippen molar-refractivity contribution in [2.24, 2.45) is 0 Å². The third-order valence-electron chi connectivity index (χ3n) is 4.28. The lowest BCUT2D eigenvalue weighted by atomic mass is 10.0. The summed E-state index contributed by atoms with van der Waals surface area (Å²) in [4.78, 5) is 18.7. The largest absolute Gasteiger partial charge is 0.480 e. The summed E-state index contributed by atoms with van der Waals surface area (Å²) in [5, 5.41) is 3.85. The van der Waals surface area contributed by atoms with Crippen molar-refractivity contribution in [3.05, 3.63) is 42.0 Å². The first-order chi connectivity index (χ1) is 11.3. The Bertz CT molecular complexity index is 688. The molecule has 0 saturated carbocycles. The minimum atomic E-state index is -0.475. The predicted octanol–water partition coefficient (Wildman–Crippen LogP) is 1.36. The van der Waals surface area contributed by atoms with Crippen molar-refractivity contribution in [2.45, 2.75) is 25.0 Å². The van der Waals surface area contributed by atoms with Crippen LogP contribution in [0.2, 0.25) is 0 Å². The number of morpholine rings is 1. The van der Waals surface area contributed by atoms with E-state index in [4.69, 9.17) is 14.0 Å². The fraction of sp³-hybridized carbons (Fsp3) is 0.438. The Labute approximate surface area is 133 Å². The van der Waals surface area contributed by atoms with Gasteiger partial charge in [-0.05, 0) is 24.5 Å². The number of rotatable bonds is 2. The van der Waals surface area contributed by atoms with Gasteiger partial charge in [-0.1, -0.05) is 23.4 Å². The van der Waals surface area contributed by atoms with Gasteiger partial charge in [0, 0.05) is 6.54 Å². The van der Waals surface area contributed by atoms with Crippen LogP contribution in [0.5, 0.6) is 5.75 Å². The number of hydrogen-bond donors (Lipinski definition) is 0. The van der Waals surface area contributed by atoms with Gasteiger partial charge >= 0.3 is 0 Å². The topological polar surface area (TPSA) is 77.7 Å². The molecular weight excluding hydrogens is 298 g/mol. The molecule has 0 radical (unpaired) electrons. The average Bonchev–Trinajstić information content (AvgIpc) is 3.15. The molecule has 1 aromatic heterocycles. The predicted molar refractivity (Wildman–Crippen MR) is 78.8 cm³/mol. The Morgan fingerprint density at radius 2 is 2.22 bits per heavy atom. The maximum Gasteiger partial charge on any atom is 0.264 e. The Morgan fingerprint density at radius 1 is 1.30 bits per heavy atom. The molecule has 7 heteroatoms. The van der Waals surface area contributed by atoms with E-state index in [1.807, 2.05) is 24.3 Å². The normalized spacial score (nSPS) is 23.9. The molecule has 23 heavy (non-hydrogen) atoms. The first-order valence-corrected chi connectivity index (χ1v) is 7.72. The highest BCUT2D eigenvalue weighted by Gasteiger charge is 2.37. The summed E-state index contributed by atoms with van der Waals surface area (Å²) in [6.07, 6.45) is 2.30. The van der Waals surface area contributed by atoms with Gasteiger partial charge in [-0.2, -0.15) is 4.98 Å². The summed E-state index contributed by atoms with van der Waals surface area (Å²) < 4.78 is 16.2. The molecule has 1 amide bonds. The van der Waals surface area contributed by atoms with E-state index in [0.717, 1.165) is 17.7 Å². The van der Waals surface area contributed by atoms with Crippen LogP contribution in [0.1, 0.15) is 23.9 Å². The van der Waals surface area contributed by atoms with Gasteiger partial charge in [-0.15, -0.1) is 0 Å². The van der Waals surface area contributed by atoms with Gasteiger partial charge in [-0.3, -0.25) is 4.79 Å². The number of nitrogens with zero attached hydrogens (tertiary/aromatic N) is 3.